The van der Waals surface area contributed by atoms with Crippen LogP contribution in [0.4, 0.5) is 0 Å². The lowest BCUT2D eigenvalue weighted by atomic mass is 10.1. The van der Waals surface area contributed by atoms with E-state index in [1.165, 1.54) is 4.90 Å². The molecule has 156 valence electrons. The number of rotatable bonds is 10. The highest BCUT2D eigenvalue weighted by Gasteiger charge is 2.26. The largest absolute Gasteiger partial charge is 0.497 e. The van der Waals surface area contributed by atoms with E-state index < -0.39 is 6.04 Å². The summed E-state index contributed by atoms with van der Waals surface area (Å²) in [6.45, 7) is 4.43. The van der Waals surface area contributed by atoms with Crippen LogP contribution in [0.15, 0.2) is 53.0 Å². The number of carbonyl (C=O) groups excluding carboxylic acids is 2. The Labute approximate surface area is 180 Å². The molecule has 0 aliphatic carbocycles. The van der Waals surface area contributed by atoms with Gasteiger partial charge in [0.05, 0.1) is 7.11 Å². The molecule has 0 spiro atoms. The Kier molecular flexibility index (Phi) is 8.99. The van der Waals surface area contributed by atoms with Crippen molar-refractivity contribution in [1.82, 2.24) is 10.2 Å². The number of ether oxygens (including phenoxy) is 2. The minimum atomic E-state index is -0.621. The molecule has 0 heterocycles. The summed E-state index contributed by atoms with van der Waals surface area (Å²) >= 11 is 3.37. The van der Waals surface area contributed by atoms with Crippen molar-refractivity contribution >= 4 is 27.7 Å². The third-order valence-corrected chi connectivity index (χ3v) is 4.93. The quantitative estimate of drug-likeness (QED) is 0.583. The van der Waals surface area contributed by atoms with Crippen LogP contribution >= 0.6 is 15.9 Å². The first-order chi connectivity index (χ1) is 13.9. The fraction of sp³-hybridized carbons (Fsp3) is 0.364. The molecule has 0 aliphatic heterocycles. The monoisotopic (exact) mass is 462 g/mol. The number of nitrogens with one attached hydrogen (secondary N) is 1. The molecule has 2 amide bonds. The molecule has 2 aromatic carbocycles. The van der Waals surface area contributed by atoms with E-state index in [2.05, 4.69) is 21.2 Å². The Morgan fingerprint density at radius 1 is 1.07 bits per heavy atom. The third kappa shape index (κ3) is 7.09. The zero-order chi connectivity index (χ0) is 21.2. The second-order valence-corrected chi connectivity index (χ2v) is 7.49. The van der Waals surface area contributed by atoms with Gasteiger partial charge in [0.2, 0.25) is 5.91 Å². The molecule has 2 aromatic rings. The average molecular weight is 463 g/mol. The number of hydrogen-bond donors (Lipinski definition) is 1. The molecule has 29 heavy (non-hydrogen) atoms. The van der Waals surface area contributed by atoms with Crippen molar-refractivity contribution in [1.29, 1.82) is 0 Å². The van der Waals surface area contributed by atoms with Gasteiger partial charge in [0, 0.05) is 17.6 Å². The van der Waals surface area contributed by atoms with Gasteiger partial charge in [-0.1, -0.05) is 35.0 Å². The van der Waals surface area contributed by atoms with E-state index in [9.17, 15) is 9.59 Å². The molecule has 2 rings (SSSR count). The Morgan fingerprint density at radius 3 is 2.28 bits per heavy atom. The first-order valence-electron chi connectivity index (χ1n) is 9.53. The molecule has 0 bridgehead atoms. The van der Waals surface area contributed by atoms with Crippen LogP contribution in [0.5, 0.6) is 11.5 Å². The van der Waals surface area contributed by atoms with Gasteiger partial charge < -0.3 is 19.7 Å². The van der Waals surface area contributed by atoms with E-state index in [1.54, 1.807) is 26.2 Å². The summed E-state index contributed by atoms with van der Waals surface area (Å²) < 4.78 is 11.7. The normalized spacial score (nSPS) is 11.4. The van der Waals surface area contributed by atoms with E-state index in [1.807, 2.05) is 43.3 Å². The van der Waals surface area contributed by atoms with Gasteiger partial charge >= 0.3 is 0 Å². The van der Waals surface area contributed by atoms with Crippen LogP contribution in [0, 0.1) is 0 Å². The molecule has 1 atom stereocenters. The van der Waals surface area contributed by atoms with Gasteiger partial charge in [-0.3, -0.25) is 9.59 Å². The Hall–Kier alpha value is -2.54. The third-order valence-electron chi connectivity index (χ3n) is 4.40. The number of carbonyl (C=O) groups is 2. The molecule has 0 aliphatic rings. The van der Waals surface area contributed by atoms with Crippen LogP contribution in [-0.2, 0) is 16.1 Å². The van der Waals surface area contributed by atoms with Crippen molar-refractivity contribution in [2.45, 2.75) is 32.9 Å². The molecule has 1 unspecified atom stereocenters. The maximum atomic E-state index is 12.9. The number of methoxy groups -OCH3 is 1. The molecule has 0 saturated carbocycles. The molecule has 6 nitrogen and oxygen atoms in total. The molecule has 7 heteroatoms. The molecule has 0 aromatic heterocycles. The van der Waals surface area contributed by atoms with Crippen molar-refractivity contribution in [2.24, 2.45) is 0 Å². The van der Waals surface area contributed by atoms with Crippen LogP contribution in [0.1, 0.15) is 25.8 Å². The second kappa shape index (κ2) is 11.5. The lowest BCUT2D eigenvalue weighted by Gasteiger charge is -2.28. The first-order valence-corrected chi connectivity index (χ1v) is 10.3. The molecule has 0 saturated heterocycles. The lowest BCUT2D eigenvalue weighted by Crippen LogP contribution is -2.49. The Morgan fingerprint density at radius 2 is 1.69 bits per heavy atom. The molecule has 0 radical (unpaired) electrons. The summed E-state index contributed by atoms with van der Waals surface area (Å²) in [7, 11) is 1.60. The Balaban J connectivity index is 2.11. The first kappa shape index (κ1) is 22.7. The fourth-order valence-corrected chi connectivity index (χ4v) is 2.93. The van der Waals surface area contributed by atoms with Gasteiger partial charge in [0.25, 0.3) is 5.91 Å². The smallest absolute Gasteiger partial charge is 0.261 e. The zero-order valence-electron chi connectivity index (χ0n) is 17.0. The van der Waals surface area contributed by atoms with Crippen LogP contribution in [0.25, 0.3) is 0 Å². The van der Waals surface area contributed by atoms with Crippen molar-refractivity contribution < 1.29 is 19.1 Å². The average Bonchev–Trinajstić information content (AvgIpc) is 2.75. The van der Waals surface area contributed by atoms with Gasteiger partial charge in [-0.25, -0.2) is 0 Å². The topological polar surface area (TPSA) is 67.9 Å². The highest BCUT2D eigenvalue weighted by molar-refractivity contribution is 9.10. The predicted molar refractivity (Wildman–Crippen MR) is 116 cm³/mol. The van der Waals surface area contributed by atoms with Crippen LogP contribution in [0.2, 0.25) is 0 Å². The van der Waals surface area contributed by atoms with Gasteiger partial charge in [0.15, 0.2) is 6.61 Å². The maximum Gasteiger partial charge on any atom is 0.261 e. The number of nitrogens with zero attached hydrogens (tertiary/aromatic N) is 1. The molecule has 1 N–H and O–H groups in total. The van der Waals surface area contributed by atoms with Gasteiger partial charge in [0.1, 0.15) is 17.5 Å². The molecular weight excluding hydrogens is 436 g/mol. The fourth-order valence-electron chi connectivity index (χ4n) is 2.66. The zero-order valence-corrected chi connectivity index (χ0v) is 18.6. The predicted octanol–water partition coefficient (Wildman–Crippen LogP) is 3.78. The second-order valence-electron chi connectivity index (χ2n) is 6.58. The molecule has 0 fully saturated rings. The molecular formula is C22H27BrN2O4. The minimum absolute atomic E-state index is 0.150. The summed E-state index contributed by atoms with van der Waals surface area (Å²) in [6.07, 6.45) is 0.831. The van der Waals surface area contributed by atoms with Crippen molar-refractivity contribution in [2.75, 3.05) is 20.3 Å². The van der Waals surface area contributed by atoms with Crippen LogP contribution in [-0.4, -0.2) is 43.0 Å². The van der Waals surface area contributed by atoms with E-state index in [4.69, 9.17) is 9.47 Å². The lowest BCUT2D eigenvalue weighted by molar-refractivity contribution is -0.142. The van der Waals surface area contributed by atoms with E-state index in [0.29, 0.717) is 18.8 Å². The van der Waals surface area contributed by atoms with Crippen LogP contribution in [0.3, 0.4) is 0 Å². The minimum Gasteiger partial charge on any atom is -0.497 e. The standard InChI is InChI=1S/C22H27BrN2O4/c1-4-13-24-22(27)16(2)25(14-17-5-9-19(28-3)10-6-17)21(26)15-29-20-11-7-18(23)8-12-20/h5-12,16H,4,13-15H2,1-3H3,(H,24,27). The van der Waals surface area contributed by atoms with E-state index in [0.717, 1.165) is 22.2 Å². The Bertz CT molecular complexity index is 793. The summed E-state index contributed by atoms with van der Waals surface area (Å²) in [5.41, 5.74) is 0.901. The van der Waals surface area contributed by atoms with Crippen LogP contribution < -0.4 is 14.8 Å². The van der Waals surface area contributed by atoms with E-state index in [-0.39, 0.29) is 18.4 Å². The number of benzene rings is 2. The number of halogens is 1. The summed E-state index contributed by atoms with van der Waals surface area (Å²) in [5, 5.41) is 2.85. The van der Waals surface area contributed by atoms with Crippen molar-refractivity contribution in [3.63, 3.8) is 0 Å². The van der Waals surface area contributed by atoms with Gasteiger partial charge in [-0.05, 0) is 55.3 Å². The maximum absolute atomic E-state index is 12.9. The van der Waals surface area contributed by atoms with Gasteiger partial charge in [-0.2, -0.15) is 0 Å². The SMILES string of the molecule is CCCNC(=O)C(C)N(Cc1ccc(OC)cc1)C(=O)COc1ccc(Br)cc1. The number of amides is 2. The number of hydrogen-bond acceptors (Lipinski definition) is 4. The van der Waals surface area contributed by atoms with Crippen molar-refractivity contribution in [3.05, 3.63) is 58.6 Å². The highest BCUT2D eigenvalue weighted by Crippen LogP contribution is 2.18. The van der Waals surface area contributed by atoms with E-state index >= 15 is 0 Å². The summed E-state index contributed by atoms with van der Waals surface area (Å²) in [5.74, 6) is 0.883. The van der Waals surface area contributed by atoms with Crippen molar-refractivity contribution in [3.8, 4) is 11.5 Å². The summed E-state index contributed by atoms with van der Waals surface area (Å²) in [6, 6.07) is 14.0. The van der Waals surface area contributed by atoms with Gasteiger partial charge in [-0.15, -0.1) is 0 Å². The highest BCUT2D eigenvalue weighted by atomic mass is 79.9. The summed E-state index contributed by atoms with van der Waals surface area (Å²) in [4.78, 5) is 26.9.